The molecule has 0 saturated heterocycles. The molecule has 0 radical (unpaired) electrons. The number of hydrogen-bond acceptors (Lipinski definition) is 5. The molecular weight excluding hydrogens is 510 g/mol. The summed E-state index contributed by atoms with van der Waals surface area (Å²) in [6.45, 7) is 8.97. The van der Waals surface area contributed by atoms with Crippen LogP contribution in [0, 0.1) is 0 Å². The Balaban J connectivity index is 1.52. The fourth-order valence-corrected chi connectivity index (χ4v) is 5.09. The zero-order valence-corrected chi connectivity index (χ0v) is 23.4. The maximum atomic E-state index is 13.9. The number of halogens is 1. The lowest BCUT2D eigenvalue weighted by Gasteiger charge is -2.23. The van der Waals surface area contributed by atoms with Crippen LogP contribution in [0.3, 0.4) is 0 Å². The summed E-state index contributed by atoms with van der Waals surface area (Å²) in [5.41, 5.74) is 6.00. The molecule has 0 atom stereocenters. The third-order valence-corrected chi connectivity index (χ3v) is 7.16. The highest BCUT2D eigenvalue weighted by molar-refractivity contribution is 6.32. The molecule has 0 amide bonds. The number of nitrogens with zero attached hydrogens (tertiary/aromatic N) is 6. The Bertz CT molecular complexity index is 1630. The second kappa shape index (κ2) is 11.0. The molecular formula is C30H32ClN7O. The van der Waals surface area contributed by atoms with Gasteiger partial charge in [0, 0.05) is 29.2 Å². The molecule has 0 aliphatic rings. The number of unbranched alkanes of at least 4 members (excludes halogenated alkanes) is 1. The first-order valence-electron chi connectivity index (χ1n) is 13.2. The zero-order chi connectivity index (χ0) is 27.6. The molecule has 200 valence electrons. The van der Waals surface area contributed by atoms with Gasteiger partial charge in [-0.2, -0.15) is 0 Å². The molecule has 0 bridgehead atoms. The van der Waals surface area contributed by atoms with Gasteiger partial charge in [0.05, 0.1) is 22.9 Å². The van der Waals surface area contributed by atoms with Crippen LogP contribution in [0.4, 0.5) is 0 Å². The first kappa shape index (κ1) is 26.6. The van der Waals surface area contributed by atoms with Crippen molar-refractivity contribution < 1.29 is 0 Å². The summed E-state index contributed by atoms with van der Waals surface area (Å²) in [5.74, 6) is 0.583. The lowest BCUT2D eigenvalue weighted by molar-refractivity contribution is 0.584. The smallest absolute Gasteiger partial charge is 0.292 e. The van der Waals surface area contributed by atoms with E-state index in [-0.39, 0.29) is 11.1 Å². The molecule has 0 aliphatic carbocycles. The maximum absolute atomic E-state index is 13.9. The van der Waals surface area contributed by atoms with E-state index in [4.69, 9.17) is 16.6 Å². The van der Waals surface area contributed by atoms with Crippen molar-refractivity contribution in [2.75, 3.05) is 0 Å². The fraction of sp³-hybridized carbons (Fsp3) is 0.300. The highest BCUT2D eigenvalue weighted by Gasteiger charge is 2.24. The van der Waals surface area contributed by atoms with Gasteiger partial charge in [0.15, 0.2) is 5.82 Å². The van der Waals surface area contributed by atoms with Gasteiger partial charge in [-0.15, -0.1) is 5.10 Å². The number of aromatic nitrogens is 7. The van der Waals surface area contributed by atoms with Crippen molar-refractivity contribution in [3.63, 3.8) is 0 Å². The van der Waals surface area contributed by atoms with Crippen LogP contribution in [0.25, 0.3) is 28.3 Å². The molecule has 8 nitrogen and oxygen atoms in total. The number of aromatic amines is 1. The van der Waals surface area contributed by atoms with E-state index in [9.17, 15) is 4.79 Å². The Morgan fingerprint density at radius 1 is 1.00 bits per heavy atom. The number of imidazole rings is 1. The predicted octanol–water partition coefficient (Wildman–Crippen LogP) is 6.22. The van der Waals surface area contributed by atoms with Crippen LogP contribution in [-0.4, -0.2) is 34.7 Å². The van der Waals surface area contributed by atoms with Crippen molar-refractivity contribution in [3.05, 3.63) is 99.3 Å². The molecule has 3 aromatic heterocycles. The zero-order valence-electron chi connectivity index (χ0n) is 22.6. The molecule has 5 aromatic rings. The van der Waals surface area contributed by atoms with E-state index in [2.05, 4.69) is 48.3 Å². The van der Waals surface area contributed by atoms with Gasteiger partial charge in [0.1, 0.15) is 0 Å². The van der Waals surface area contributed by atoms with Crippen LogP contribution < -0.4 is 5.69 Å². The fourth-order valence-electron chi connectivity index (χ4n) is 4.83. The number of hydrogen-bond donors (Lipinski definition) is 1. The minimum atomic E-state index is -0.177. The molecule has 5 rings (SSSR count). The van der Waals surface area contributed by atoms with E-state index in [0.717, 1.165) is 58.6 Å². The standard InChI is InChI=1S/C30H32ClN7O/c1-5-6-10-21-19-38(27-24(30(2,3)4)13-9-14-25(27)31)29(39)37(21)18-20-15-16-26(32-17-20)22-11-7-8-12-23(22)28-33-35-36-34-28/h7-9,11-17,19H,5-6,10,18H2,1-4H3,(H,33,34,35,36). The second-order valence-electron chi connectivity index (χ2n) is 10.7. The molecule has 1 N–H and O–H groups in total. The highest BCUT2D eigenvalue weighted by atomic mass is 35.5. The number of H-pyrrole nitrogens is 1. The quantitative estimate of drug-likeness (QED) is 0.251. The number of pyridine rings is 1. The minimum absolute atomic E-state index is 0.105. The van der Waals surface area contributed by atoms with Crippen LogP contribution in [0.5, 0.6) is 0 Å². The molecule has 0 aliphatic heterocycles. The van der Waals surface area contributed by atoms with E-state index in [1.54, 1.807) is 4.57 Å². The van der Waals surface area contributed by atoms with Crippen molar-refractivity contribution >= 4 is 11.6 Å². The minimum Gasteiger partial charge on any atom is -0.292 e. The van der Waals surface area contributed by atoms with E-state index < -0.39 is 0 Å². The van der Waals surface area contributed by atoms with E-state index >= 15 is 0 Å². The molecule has 0 unspecified atom stereocenters. The van der Waals surface area contributed by atoms with Crippen molar-refractivity contribution in [3.8, 4) is 28.3 Å². The van der Waals surface area contributed by atoms with Gasteiger partial charge in [-0.05, 0) is 51.9 Å². The summed E-state index contributed by atoms with van der Waals surface area (Å²) < 4.78 is 3.56. The van der Waals surface area contributed by atoms with Crippen LogP contribution in [0.1, 0.15) is 57.4 Å². The number of rotatable bonds is 8. The van der Waals surface area contributed by atoms with Gasteiger partial charge in [0.2, 0.25) is 0 Å². The van der Waals surface area contributed by atoms with E-state index in [1.807, 2.05) is 71.6 Å². The Kier molecular flexibility index (Phi) is 7.48. The number of nitrogens with one attached hydrogen (secondary N) is 1. The number of benzene rings is 2. The molecule has 2 aromatic carbocycles. The van der Waals surface area contributed by atoms with Crippen molar-refractivity contribution in [2.45, 2.75) is 58.9 Å². The lowest BCUT2D eigenvalue weighted by atomic mass is 9.85. The van der Waals surface area contributed by atoms with Gasteiger partial charge in [-0.25, -0.2) is 9.89 Å². The lowest BCUT2D eigenvalue weighted by Crippen LogP contribution is -2.27. The molecule has 39 heavy (non-hydrogen) atoms. The normalized spacial score (nSPS) is 11.7. The van der Waals surface area contributed by atoms with E-state index in [1.165, 1.54) is 0 Å². The average molecular weight is 542 g/mol. The van der Waals surface area contributed by atoms with Gasteiger partial charge in [-0.3, -0.25) is 14.1 Å². The van der Waals surface area contributed by atoms with Gasteiger partial charge < -0.3 is 0 Å². The Morgan fingerprint density at radius 3 is 2.46 bits per heavy atom. The SMILES string of the molecule is CCCCc1cn(-c2c(Cl)cccc2C(C)(C)C)c(=O)n1Cc1ccc(-c2ccccc2-c2nnn[nH]2)nc1. The van der Waals surface area contributed by atoms with Crippen molar-refractivity contribution in [1.82, 2.24) is 34.7 Å². The van der Waals surface area contributed by atoms with Crippen molar-refractivity contribution in [1.29, 1.82) is 0 Å². The van der Waals surface area contributed by atoms with E-state index in [0.29, 0.717) is 17.4 Å². The molecule has 9 heteroatoms. The Labute approximate surface area is 232 Å². The molecule has 3 heterocycles. The van der Waals surface area contributed by atoms with Gasteiger partial charge in [0.25, 0.3) is 0 Å². The summed E-state index contributed by atoms with van der Waals surface area (Å²) in [6.07, 6.45) is 6.61. The third kappa shape index (κ3) is 5.43. The molecule has 0 saturated carbocycles. The maximum Gasteiger partial charge on any atom is 0.333 e. The predicted molar refractivity (Wildman–Crippen MR) is 154 cm³/mol. The average Bonchev–Trinajstić information content (AvgIpc) is 3.56. The van der Waals surface area contributed by atoms with Crippen LogP contribution >= 0.6 is 11.6 Å². The molecule has 0 spiro atoms. The topological polar surface area (TPSA) is 94.3 Å². The Morgan fingerprint density at radius 2 is 1.79 bits per heavy atom. The third-order valence-electron chi connectivity index (χ3n) is 6.85. The van der Waals surface area contributed by atoms with Crippen LogP contribution in [-0.2, 0) is 18.4 Å². The van der Waals surface area contributed by atoms with Crippen molar-refractivity contribution in [2.24, 2.45) is 0 Å². The number of tetrazole rings is 1. The summed E-state index contributed by atoms with van der Waals surface area (Å²) >= 11 is 6.70. The number of para-hydroxylation sites is 1. The summed E-state index contributed by atoms with van der Waals surface area (Å²) in [4.78, 5) is 18.6. The van der Waals surface area contributed by atoms with Crippen LogP contribution in [0.15, 0.2) is 71.8 Å². The second-order valence-corrected chi connectivity index (χ2v) is 11.1. The highest BCUT2D eigenvalue weighted by Crippen LogP contribution is 2.33. The largest absolute Gasteiger partial charge is 0.333 e. The van der Waals surface area contributed by atoms with Gasteiger partial charge >= 0.3 is 5.69 Å². The first-order valence-corrected chi connectivity index (χ1v) is 13.5. The summed E-state index contributed by atoms with van der Waals surface area (Å²) in [5, 5.41) is 14.8. The van der Waals surface area contributed by atoms with Gasteiger partial charge in [-0.1, -0.05) is 88.2 Å². The number of aryl methyl sites for hydroxylation is 1. The van der Waals surface area contributed by atoms with Crippen LogP contribution in [0.2, 0.25) is 5.02 Å². The molecule has 0 fully saturated rings. The Hall–Kier alpha value is -4.04. The summed E-state index contributed by atoms with van der Waals surface area (Å²) in [7, 11) is 0. The first-order chi connectivity index (χ1) is 18.8. The monoisotopic (exact) mass is 541 g/mol. The summed E-state index contributed by atoms with van der Waals surface area (Å²) in [6, 6.07) is 17.7.